The minimum Gasteiger partial charge on any atom is -0.476 e. The molecule has 2 aromatic heterocycles. The van der Waals surface area contributed by atoms with Crippen LogP contribution in [0.4, 0.5) is 14.7 Å². The van der Waals surface area contributed by atoms with Crippen molar-refractivity contribution >= 4 is 30.8 Å². The molecule has 14 nitrogen and oxygen atoms in total. The van der Waals surface area contributed by atoms with Crippen LogP contribution in [0.2, 0.25) is 0 Å². The maximum absolute atomic E-state index is 16.2. The van der Waals surface area contributed by atoms with Crippen LogP contribution in [0, 0.1) is 0 Å². The Kier molecular flexibility index (Phi) is 9.04. The molecule has 2 unspecified atom stereocenters. The van der Waals surface area contributed by atoms with Crippen LogP contribution in [-0.4, -0.2) is 73.6 Å². The highest BCUT2D eigenvalue weighted by Gasteiger charge is 2.65. The summed E-state index contributed by atoms with van der Waals surface area (Å²) in [5.41, 5.74) is 3.03. The Morgan fingerprint density at radius 1 is 1.26 bits per heavy atom. The third-order valence-corrected chi connectivity index (χ3v) is 7.75. The summed E-state index contributed by atoms with van der Waals surface area (Å²) in [6, 6.07) is 6.50. The van der Waals surface area contributed by atoms with Crippen molar-refractivity contribution in [3.05, 3.63) is 36.7 Å². The number of carbonyl (C=O) groups excluding carboxylic acids is 1. The van der Waals surface area contributed by atoms with Crippen molar-refractivity contribution in [2.45, 2.75) is 70.6 Å². The molecule has 1 saturated heterocycles. The third-order valence-electron chi connectivity index (χ3n) is 6.13. The van der Waals surface area contributed by atoms with Crippen LogP contribution in [0.25, 0.3) is 11.2 Å². The number of fused-ring (bicyclic) bond motifs is 1. The fraction of sp³-hybridized carbons (Fsp3) is 0.520. The van der Waals surface area contributed by atoms with Gasteiger partial charge in [-0.2, -0.15) is 15.1 Å². The highest BCUT2D eigenvalue weighted by Crippen LogP contribution is 2.52. The molecule has 230 valence electrons. The van der Waals surface area contributed by atoms with Gasteiger partial charge in [0.05, 0.1) is 19.0 Å². The summed E-state index contributed by atoms with van der Waals surface area (Å²) < 4.78 is 73.7. The Morgan fingerprint density at radius 2 is 1.95 bits per heavy atom. The lowest BCUT2D eigenvalue weighted by molar-refractivity contribution is -0.202. The number of benzene rings is 1. The fourth-order valence-electron chi connectivity index (χ4n) is 4.19. The number of aliphatic hydroxyl groups excluding tert-OH is 1. The third kappa shape index (κ3) is 6.47. The molecular formula is C25H33F2N6O8P. The van der Waals surface area contributed by atoms with Gasteiger partial charge in [-0.15, -0.1) is 0 Å². The smallest absolute Gasteiger partial charge is 0.459 e. The number of esters is 1. The Hall–Kier alpha value is -3.43. The van der Waals surface area contributed by atoms with Crippen LogP contribution in [0.15, 0.2) is 36.7 Å². The van der Waals surface area contributed by atoms with Gasteiger partial charge in [0.1, 0.15) is 18.4 Å². The monoisotopic (exact) mass is 614 g/mol. The van der Waals surface area contributed by atoms with E-state index in [0.29, 0.717) is 0 Å². The first-order valence-electron chi connectivity index (χ1n) is 13.0. The molecule has 0 spiro atoms. The zero-order chi connectivity index (χ0) is 30.9. The molecule has 1 fully saturated rings. The van der Waals surface area contributed by atoms with E-state index in [1.54, 1.807) is 39.0 Å². The van der Waals surface area contributed by atoms with Gasteiger partial charge in [-0.3, -0.25) is 13.9 Å². The minimum atomic E-state index is -4.58. The van der Waals surface area contributed by atoms with E-state index in [9.17, 15) is 14.5 Å². The number of carbonyl (C=O) groups is 1. The van der Waals surface area contributed by atoms with E-state index in [-0.39, 0.29) is 35.3 Å². The van der Waals surface area contributed by atoms with Gasteiger partial charge in [0.25, 0.3) is 5.85 Å². The largest absolute Gasteiger partial charge is 0.476 e. The molecule has 0 saturated carbocycles. The van der Waals surface area contributed by atoms with E-state index in [4.69, 9.17) is 29.0 Å². The molecule has 0 radical (unpaired) electrons. The maximum atomic E-state index is 16.2. The summed E-state index contributed by atoms with van der Waals surface area (Å²) in [6.45, 7) is 6.14. The van der Waals surface area contributed by atoms with Crippen LogP contribution in [0.5, 0.6) is 11.6 Å². The van der Waals surface area contributed by atoms with Crippen molar-refractivity contribution in [2.75, 3.05) is 18.9 Å². The number of anilines is 1. The summed E-state index contributed by atoms with van der Waals surface area (Å²) in [6.07, 6.45) is -3.66. The van der Waals surface area contributed by atoms with Crippen LogP contribution in [-0.2, 0) is 23.4 Å². The fourth-order valence-corrected chi connectivity index (χ4v) is 5.69. The molecule has 0 bridgehead atoms. The van der Waals surface area contributed by atoms with Crippen molar-refractivity contribution in [3.8, 4) is 11.6 Å². The van der Waals surface area contributed by atoms with E-state index >= 15 is 8.78 Å². The molecule has 0 amide bonds. The number of hydrogen-bond donors (Lipinski definition) is 3. The summed E-state index contributed by atoms with van der Waals surface area (Å²) in [5, 5.41) is 13.2. The Balaban J connectivity index is 1.61. The van der Waals surface area contributed by atoms with E-state index in [1.165, 1.54) is 19.1 Å². The molecule has 1 aliphatic rings. The van der Waals surface area contributed by atoms with E-state index in [1.807, 2.05) is 0 Å². The minimum absolute atomic E-state index is 0.0166. The van der Waals surface area contributed by atoms with Crippen molar-refractivity contribution in [1.82, 2.24) is 24.6 Å². The molecule has 4 N–H and O–H groups in total. The summed E-state index contributed by atoms with van der Waals surface area (Å²) in [5.74, 6) is -4.20. The first-order valence-corrected chi connectivity index (χ1v) is 14.6. The summed E-state index contributed by atoms with van der Waals surface area (Å²) >= 11 is 0. The second-order valence-corrected chi connectivity index (χ2v) is 11.7. The highest BCUT2D eigenvalue weighted by molar-refractivity contribution is 7.52. The molecule has 42 heavy (non-hydrogen) atoms. The Bertz CT molecular complexity index is 1460. The predicted molar refractivity (Wildman–Crippen MR) is 145 cm³/mol. The molecule has 3 heterocycles. The van der Waals surface area contributed by atoms with Gasteiger partial charge in [-0.1, -0.05) is 18.2 Å². The number of imidazole rings is 1. The predicted octanol–water partition coefficient (Wildman–Crippen LogP) is 3.22. The topological polar surface area (TPSA) is 182 Å². The number of aromatic nitrogens is 4. The molecule has 3 aromatic rings. The van der Waals surface area contributed by atoms with Gasteiger partial charge in [-0.05, 0) is 46.8 Å². The highest BCUT2D eigenvalue weighted by atomic mass is 31.2. The van der Waals surface area contributed by atoms with E-state index < -0.39 is 56.3 Å². The maximum Gasteiger partial charge on any atom is 0.459 e. The Labute approximate surface area is 240 Å². The second-order valence-electron chi connectivity index (χ2n) is 9.97. The number of hydrogen-bond acceptors (Lipinski definition) is 12. The first kappa shape index (κ1) is 31.5. The number of nitrogens with zero attached hydrogens (tertiary/aromatic N) is 4. The molecule has 6 atom stereocenters. The van der Waals surface area contributed by atoms with Crippen molar-refractivity contribution < 1.29 is 46.5 Å². The van der Waals surface area contributed by atoms with Gasteiger partial charge in [0.15, 0.2) is 29.2 Å². The number of aliphatic hydroxyl groups is 1. The van der Waals surface area contributed by atoms with Gasteiger partial charge < -0.3 is 29.6 Å². The van der Waals surface area contributed by atoms with Gasteiger partial charge >= 0.3 is 13.7 Å². The number of rotatable bonds is 12. The summed E-state index contributed by atoms with van der Waals surface area (Å²) in [4.78, 5) is 24.5. The second kappa shape index (κ2) is 12.1. The average Bonchev–Trinajstić information content (AvgIpc) is 3.40. The van der Waals surface area contributed by atoms with Gasteiger partial charge in [0, 0.05) is 0 Å². The number of ether oxygens (including phenoxy) is 3. The number of para-hydroxylation sites is 1. The number of nitrogens with two attached hydrogens (primary N) is 1. The molecule has 4 rings (SSSR count). The number of nitrogens with one attached hydrogen (secondary N) is 1. The normalized spacial score (nSPS) is 26.2. The zero-order valence-corrected chi connectivity index (χ0v) is 24.5. The number of alkyl halides is 2. The van der Waals surface area contributed by atoms with Crippen LogP contribution < -0.4 is 20.1 Å². The van der Waals surface area contributed by atoms with E-state index in [0.717, 1.165) is 17.8 Å². The van der Waals surface area contributed by atoms with Gasteiger partial charge in [-0.25, -0.2) is 18.3 Å². The van der Waals surface area contributed by atoms with Crippen molar-refractivity contribution in [3.63, 3.8) is 0 Å². The lowest BCUT2D eigenvalue weighted by Crippen LogP contribution is -2.47. The van der Waals surface area contributed by atoms with Gasteiger partial charge in [0.2, 0.25) is 11.8 Å². The quantitative estimate of drug-likeness (QED) is 0.200. The molecule has 1 aliphatic heterocycles. The lowest BCUT2D eigenvalue weighted by Gasteiger charge is -2.28. The molecule has 1 aromatic carbocycles. The molecule has 17 heteroatoms. The first-order chi connectivity index (χ1) is 19.7. The molecular weight excluding hydrogens is 581 g/mol. The van der Waals surface area contributed by atoms with Crippen LogP contribution in [0.1, 0.15) is 40.8 Å². The van der Waals surface area contributed by atoms with Crippen molar-refractivity contribution in [2.24, 2.45) is 0 Å². The van der Waals surface area contributed by atoms with E-state index in [2.05, 4.69) is 20.0 Å². The molecule has 0 aliphatic carbocycles. The van der Waals surface area contributed by atoms with Crippen molar-refractivity contribution in [1.29, 1.82) is 0 Å². The Morgan fingerprint density at radius 3 is 2.60 bits per heavy atom. The number of nitrogen functional groups attached to an aromatic ring is 1. The lowest BCUT2D eigenvalue weighted by atomic mass is 9.97. The average molecular weight is 615 g/mol. The van der Waals surface area contributed by atoms with Crippen LogP contribution in [0.3, 0.4) is 0 Å². The zero-order valence-electron chi connectivity index (χ0n) is 23.6. The van der Waals surface area contributed by atoms with Crippen LogP contribution >= 0.6 is 7.75 Å². The summed E-state index contributed by atoms with van der Waals surface area (Å²) in [7, 11) is -4.58. The standard InChI is InChI=1S/C25H33F2N6O8P/c1-6-37-19-17-18(30-23(28)31-19)33(13-29-17)22-24(5,26)21(35)25(27,40-22)12-38-42(36,41-16-10-8-7-9-11-16)32-15(4)20(34)39-14(2)3/h7-11,13-15,21-22,35H,6,12H2,1-5H3,(H,32,36)(H2,28,30,31)/t15?,21-,22+,24+,25+,42?/m0/s1. The SMILES string of the molecule is CCOc1nc(N)nc2c1ncn2[C@@H]1O[C@](F)(COP(=O)(NC(C)C(=O)OC(C)C)Oc2ccccc2)[C@@H](O)[C@@]1(C)F. The number of halogens is 2.